The van der Waals surface area contributed by atoms with Gasteiger partial charge in [-0.1, -0.05) is 49.4 Å². The van der Waals surface area contributed by atoms with E-state index in [4.69, 9.17) is 10.5 Å². The van der Waals surface area contributed by atoms with Gasteiger partial charge in [-0.25, -0.2) is 0 Å². The van der Waals surface area contributed by atoms with Crippen LogP contribution in [-0.2, 0) is 11.2 Å². The van der Waals surface area contributed by atoms with Crippen molar-refractivity contribution in [1.82, 2.24) is 4.90 Å². The molecule has 0 saturated carbocycles. The van der Waals surface area contributed by atoms with Crippen LogP contribution in [0.1, 0.15) is 30.4 Å². The summed E-state index contributed by atoms with van der Waals surface area (Å²) < 4.78 is 5.19. The van der Waals surface area contributed by atoms with Crippen LogP contribution in [0.3, 0.4) is 0 Å². The minimum atomic E-state index is 0. The van der Waals surface area contributed by atoms with E-state index in [1.807, 2.05) is 47.4 Å². The lowest BCUT2D eigenvalue weighted by Gasteiger charge is -2.24. The van der Waals surface area contributed by atoms with Crippen molar-refractivity contribution in [3.8, 4) is 5.75 Å². The van der Waals surface area contributed by atoms with E-state index in [9.17, 15) is 4.79 Å². The molecule has 2 N–H and O–H groups in total. The monoisotopic (exact) mass is 376 g/mol. The third-order valence-electron chi connectivity index (χ3n) is 4.43. The molecule has 0 aliphatic heterocycles. The Morgan fingerprint density at radius 1 is 1.08 bits per heavy atom. The smallest absolute Gasteiger partial charge is 0.223 e. The molecule has 0 spiro atoms. The molecule has 1 unspecified atom stereocenters. The standard InChI is InChI=1S/C21H28N2O2.ClH/c1-17(19-8-10-20(25-2)11-9-19)16-21(24)23(15-13-22)14-12-18-6-4-3-5-7-18;/h3-11,17H,12-16,22H2,1-2H3;1H. The molecule has 0 bridgehead atoms. The number of carbonyl (C=O) groups excluding carboxylic acids is 1. The Bertz CT molecular complexity index is 647. The zero-order valence-corrected chi connectivity index (χ0v) is 16.4. The highest BCUT2D eigenvalue weighted by atomic mass is 35.5. The second-order valence-corrected chi connectivity index (χ2v) is 6.28. The van der Waals surface area contributed by atoms with Crippen molar-refractivity contribution in [3.05, 3.63) is 65.7 Å². The topological polar surface area (TPSA) is 55.6 Å². The largest absolute Gasteiger partial charge is 0.497 e. The maximum absolute atomic E-state index is 12.7. The van der Waals surface area contributed by atoms with Gasteiger partial charge in [0.05, 0.1) is 7.11 Å². The third kappa shape index (κ3) is 6.70. The maximum Gasteiger partial charge on any atom is 0.223 e. The Kier molecular flexibility index (Phi) is 9.78. The maximum atomic E-state index is 12.7. The van der Waals surface area contributed by atoms with E-state index >= 15 is 0 Å². The van der Waals surface area contributed by atoms with E-state index in [0.29, 0.717) is 26.1 Å². The second-order valence-electron chi connectivity index (χ2n) is 6.28. The molecule has 1 atom stereocenters. The summed E-state index contributed by atoms with van der Waals surface area (Å²) in [5.74, 6) is 1.15. The fraction of sp³-hybridized carbons (Fsp3) is 0.381. The van der Waals surface area contributed by atoms with Crippen molar-refractivity contribution in [2.24, 2.45) is 5.73 Å². The summed E-state index contributed by atoms with van der Waals surface area (Å²) in [7, 11) is 1.65. The number of halogens is 1. The molecule has 2 rings (SSSR count). The van der Waals surface area contributed by atoms with Crippen molar-refractivity contribution in [2.75, 3.05) is 26.7 Å². The van der Waals surface area contributed by atoms with Crippen molar-refractivity contribution in [2.45, 2.75) is 25.7 Å². The highest BCUT2D eigenvalue weighted by Gasteiger charge is 2.17. The van der Waals surface area contributed by atoms with Gasteiger partial charge in [-0.15, -0.1) is 12.4 Å². The summed E-state index contributed by atoms with van der Waals surface area (Å²) in [4.78, 5) is 14.6. The molecule has 26 heavy (non-hydrogen) atoms. The summed E-state index contributed by atoms with van der Waals surface area (Å²) in [6.45, 7) is 3.87. The number of carbonyl (C=O) groups is 1. The summed E-state index contributed by atoms with van der Waals surface area (Å²) in [5.41, 5.74) is 8.08. The SMILES string of the molecule is COc1ccc(C(C)CC(=O)N(CCN)CCc2ccccc2)cc1.Cl. The van der Waals surface area contributed by atoms with Crippen LogP contribution in [0.2, 0.25) is 0 Å². The molecule has 0 saturated heterocycles. The Morgan fingerprint density at radius 3 is 2.31 bits per heavy atom. The van der Waals surface area contributed by atoms with Gasteiger partial charge in [0.15, 0.2) is 0 Å². The lowest BCUT2D eigenvalue weighted by molar-refractivity contribution is -0.131. The quantitative estimate of drug-likeness (QED) is 0.726. The van der Waals surface area contributed by atoms with Crippen molar-refractivity contribution in [3.63, 3.8) is 0 Å². The molecule has 0 fully saturated rings. The lowest BCUT2D eigenvalue weighted by atomic mass is 9.97. The Labute approximate surface area is 162 Å². The molecule has 0 aromatic heterocycles. The van der Waals surface area contributed by atoms with E-state index in [1.165, 1.54) is 5.56 Å². The molecular weight excluding hydrogens is 348 g/mol. The summed E-state index contributed by atoms with van der Waals surface area (Å²) in [6, 6.07) is 18.1. The van der Waals surface area contributed by atoms with E-state index in [0.717, 1.165) is 17.7 Å². The summed E-state index contributed by atoms with van der Waals surface area (Å²) in [5, 5.41) is 0. The normalized spacial score (nSPS) is 11.3. The van der Waals surface area contributed by atoms with Crippen LogP contribution >= 0.6 is 12.4 Å². The summed E-state index contributed by atoms with van der Waals surface area (Å²) >= 11 is 0. The van der Waals surface area contributed by atoms with Crippen LogP contribution in [0.25, 0.3) is 0 Å². The molecule has 142 valence electrons. The van der Waals surface area contributed by atoms with Crippen LogP contribution in [0.4, 0.5) is 0 Å². The molecule has 4 nitrogen and oxygen atoms in total. The van der Waals surface area contributed by atoms with Gasteiger partial charge in [0.1, 0.15) is 5.75 Å². The number of hydrogen-bond acceptors (Lipinski definition) is 3. The van der Waals surface area contributed by atoms with Crippen LogP contribution in [0.15, 0.2) is 54.6 Å². The second kappa shape index (κ2) is 11.6. The van der Waals surface area contributed by atoms with Crippen molar-refractivity contribution in [1.29, 1.82) is 0 Å². The molecular formula is C21H29ClN2O2. The van der Waals surface area contributed by atoms with Crippen LogP contribution in [0, 0.1) is 0 Å². The zero-order chi connectivity index (χ0) is 18.1. The van der Waals surface area contributed by atoms with Crippen LogP contribution in [0.5, 0.6) is 5.75 Å². The number of hydrogen-bond donors (Lipinski definition) is 1. The van der Waals surface area contributed by atoms with Gasteiger partial charge in [-0.3, -0.25) is 4.79 Å². The Hall–Kier alpha value is -2.04. The van der Waals surface area contributed by atoms with Gasteiger partial charge in [0.2, 0.25) is 5.91 Å². The van der Waals surface area contributed by atoms with Crippen LogP contribution in [-0.4, -0.2) is 37.6 Å². The number of ether oxygens (including phenoxy) is 1. The number of methoxy groups -OCH3 is 1. The first-order chi connectivity index (χ1) is 12.1. The molecule has 5 heteroatoms. The van der Waals surface area contributed by atoms with Gasteiger partial charge in [-0.2, -0.15) is 0 Å². The zero-order valence-electron chi connectivity index (χ0n) is 15.6. The highest BCUT2D eigenvalue weighted by Crippen LogP contribution is 2.22. The number of amides is 1. The fourth-order valence-corrected chi connectivity index (χ4v) is 2.87. The average molecular weight is 377 g/mol. The van der Waals surface area contributed by atoms with E-state index in [2.05, 4.69) is 19.1 Å². The fourth-order valence-electron chi connectivity index (χ4n) is 2.87. The van der Waals surface area contributed by atoms with E-state index < -0.39 is 0 Å². The van der Waals surface area contributed by atoms with E-state index in [1.54, 1.807) is 7.11 Å². The van der Waals surface area contributed by atoms with Gasteiger partial charge < -0.3 is 15.4 Å². The average Bonchev–Trinajstić information content (AvgIpc) is 2.65. The third-order valence-corrected chi connectivity index (χ3v) is 4.43. The molecule has 2 aromatic carbocycles. The first-order valence-electron chi connectivity index (χ1n) is 8.79. The number of benzene rings is 2. The molecule has 0 radical (unpaired) electrons. The number of nitrogens with two attached hydrogens (primary N) is 1. The van der Waals surface area contributed by atoms with Crippen molar-refractivity contribution >= 4 is 18.3 Å². The minimum Gasteiger partial charge on any atom is -0.497 e. The Balaban J connectivity index is 0.00000338. The highest BCUT2D eigenvalue weighted by molar-refractivity contribution is 5.85. The van der Waals surface area contributed by atoms with Gasteiger partial charge in [-0.05, 0) is 35.6 Å². The first-order valence-corrected chi connectivity index (χ1v) is 8.79. The molecule has 0 aliphatic rings. The van der Waals surface area contributed by atoms with Gasteiger partial charge in [0.25, 0.3) is 0 Å². The van der Waals surface area contributed by atoms with Crippen LogP contribution < -0.4 is 10.5 Å². The van der Waals surface area contributed by atoms with Crippen molar-refractivity contribution < 1.29 is 9.53 Å². The first kappa shape index (κ1) is 22.0. The van der Waals surface area contributed by atoms with E-state index in [-0.39, 0.29) is 24.2 Å². The molecule has 1 amide bonds. The number of rotatable bonds is 9. The predicted octanol–water partition coefficient (Wildman–Crippen LogP) is 3.64. The molecule has 2 aromatic rings. The minimum absolute atomic E-state index is 0. The number of nitrogens with zero attached hydrogens (tertiary/aromatic N) is 1. The van der Waals surface area contributed by atoms with Gasteiger partial charge in [0, 0.05) is 26.1 Å². The lowest BCUT2D eigenvalue weighted by Crippen LogP contribution is -2.37. The Morgan fingerprint density at radius 2 is 1.73 bits per heavy atom. The summed E-state index contributed by atoms with van der Waals surface area (Å²) in [6.07, 6.45) is 1.34. The molecule has 0 heterocycles. The molecule has 0 aliphatic carbocycles. The predicted molar refractivity (Wildman–Crippen MR) is 109 cm³/mol. The van der Waals surface area contributed by atoms with Gasteiger partial charge >= 0.3 is 0 Å².